The van der Waals surface area contributed by atoms with Crippen molar-refractivity contribution in [2.75, 3.05) is 5.32 Å². The summed E-state index contributed by atoms with van der Waals surface area (Å²) in [7, 11) is 0. The van der Waals surface area contributed by atoms with E-state index >= 15 is 0 Å². The molecule has 0 spiro atoms. The minimum Gasteiger partial charge on any atom is -0.325 e. The highest BCUT2D eigenvalue weighted by atomic mass is 32.1. The topological polar surface area (TPSA) is 59.1 Å². The van der Waals surface area contributed by atoms with E-state index < -0.39 is 0 Å². The van der Waals surface area contributed by atoms with E-state index in [0.29, 0.717) is 16.8 Å². The monoisotopic (exact) mass is 384 g/mol. The van der Waals surface area contributed by atoms with Gasteiger partial charge < -0.3 is 5.32 Å². The van der Waals surface area contributed by atoms with Gasteiger partial charge in [-0.2, -0.15) is 4.37 Å². The van der Waals surface area contributed by atoms with Gasteiger partial charge >= 0.3 is 0 Å². The molecule has 1 N–H and O–H groups in total. The first-order valence-electron chi connectivity index (χ1n) is 9.07. The molecule has 1 aromatic heterocycles. The maximum atomic E-state index is 13.3. The van der Waals surface area contributed by atoms with Crippen molar-refractivity contribution >= 4 is 39.0 Å². The third kappa shape index (κ3) is 2.47. The number of amides is 1. The summed E-state index contributed by atoms with van der Waals surface area (Å²) in [6, 6.07) is 20.8. The van der Waals surface area contributed by atoms with E-state index in [-0.39, 0.29) is 17.6 Å². The number of benzene rings is 3. The smallest absolute Gasteiger partial charge is 0.231 e. The van der Waals surface area contributed by atoms with Gasteiger partial charge in [-0.05, 0) is 36.2 Å². The van der Waals surface area contributed by atoms with E-state index in [1.807, 2.05) is 67.6 Å². The summed E-state index contributed by atoms with van der Waals surface area (Å²) >= 11 is 1.39. The van der Waals surface area contributed by atoms with Crippen molar-refractivity contribution in [1.29, 1.82) is 0 Å². The minimum absolute atomic E-state index is 0.0726. The van der Waals surface area contributed by atoms with Crippen LogP contribution in [0.1, 0.15) is 34.3 Å². The Morgan fingerprint density at radius 1 is 0.964 bits per heavy atom. The normalized spacial score (nSPS) is 13.2. The average Bonchev–Trinajstić information content (AvgIpc) is 3.17. The first-order chi connectivity index (χ1) is 13.6. The van der Waals surface area contributed by atoms with Crippen LogP contribution in [0.2, 0.25) is 0 Å². The van der Waals surface area contributed by atoms with Gasteiger partial charge in [0.1, 0.15) is 0 Å². The third-order valence-electron chi connectivity index (χ3n) is 5.24. The molecule has 1 aliphatic carbocycles. The largest absolute Gasteiger partial charge is 0.325 e. The molecule has 1 amide bonds. The first kappa shape index (κ1) is 16.8. The number of carbonyl (C=O) groups excluding carboxylic acids is 2. The average molecular weight is 384 g/mol. The number of anilines is 1. The highest BCUT2D eigenvalue weighted by Crippen LogP contribution is 2.42. The van der Waals surface area contributed by atoms with Crippen LogP contribution in [0.5, 0.6) is 0 Å². The third-order valence-corrected chi connectivity index (χ3v) is 6.05. The summed E-state index contributed by atoms with van der Waals surface area (Å²) < 4.78 is 5.58. The van der Waals surface area contributed by atoms with Crippen LogP contribution < -0.4 is 5.32 Å². The Morgan fingerprint density at radius 3 is 2.54 bits per heavy atom. The second kappa shape index (κ2) is 6.39. The van der Waals surface area contributed by atoms with Crippen molar-refractivity contribution in [3.63, 3.8) is 0 Å². The maximum absolute atomic E-state index is 13.3. The molecule has 0 saturated carbocycles. The number of ketones is 1. The second-order valence-corrected chi connectivity index (χ2v) is 7.69. The molecule has 4 aromatic rings. The van der Waals surface area contributed by atoms with E-state index in [0.717, 1.165) is 26.9 Å². The predicted molar refractivity (Wildman–Crippen MR) is 112 cm³/mol. The van der Waals surface area contributed by atoms with Gasteiger partial charge in [0.05, 0.1) is 27.6 Å². The molecule has 4 nitrogen and oxygen atoms in total. The number of nitrogens with one attached hydrogen (secondary N) is 1. The Hall–Kier alpha value is -3.31. The fourth-order valence-corrected chi connectivity index (χ4v) is 4.55. The molecule has 0 fully saturated rings. The van der Waals surface area contributed by atoms with Gasteiger partial charge in [-0.3, -0.25) is 9.59 Å². The van der Waals surface area contributed by atoms with Gasteiger partial charge in [-0.1, -0.05) is 54.6 Å². The Kier molecular flexibility index (Phi) is 3.84. The van der Waals surface area contributed by atoms with E-state index in [1.54, 1.807) is 6.07 Å². The number of rotatable bonds is 3. The molecular formula is C23H16N2O2S. The summed E-state index contributed by atoms with van der Waals surface area (Å²) in [6.45, 7) is 1.86. The van der Waals surface area contributed by atoms with Crippen LogP contribution in [0.15, 0.2) is 66.7 Å². The van der Waals surface area contributed by atoms with Crippen LogP contribution in [0.25, 0.3) is 21.3 Å². The van der Waals surface area contributed by atoms with Crippen LogP contribution in [-0.2, 0) is 4.79 Å². The quantitative estimate of drug-likeness (QED) is 0.462. The molecule has 0 aliphatic heterocycles. The molecule has 5 heteroatoms. The van der Waals surface area contributed by atoms with Crippen molar-refractivity contribution in [2.45, 2.75) is 12.8 Å². The minimum atomic E-state index is -0.325. The van der Waals surface area contributed by atoms with E-state index in [9.17, 15) is 9.59 Å². The molecule has 136 valence electrons. The fraction of sp³-hybridized carbons (Fsp3) is 0.0870. The number of aromatic nitrogens is 1. The lowest BCUT2D eigenvalue weighted by molar-refractivity contribution is -0.117. The second-order valence-electron chi connectivity index (χ2n) is 6.89. The summed E-state index contributed by atoms with van der Waals surface area (Å²) in [6.07, 6.45) is 0. The Bertz CT molecular complexity index is 1240. The van der Waals surface area contributed by atoms with Crippen LogP contribution in [0, 0.1) is 0 Å². The lowest BCUT2D eigenvalue weighted by Crippen LogP contribution is -2.21. The number of fused-ring (bicyclic) bond motifs is 2. The number of nitrogens with zero attached hydrogens (tertiary/aromatic N) is 1. The highest BCUT2D eigenvalue weighted by Gasteiger charge is 2.30. The number of carbonyl (C=O) groups is 2. The zero-order valence-corrected chi connectivity index (χ0v) is 15.9. The molecule has 0 bridgehead atoms. The lowest BCUT2D eigenvalue weighted by atomic mass is 9.86. The molecule has 1 heterocycles. The van der Waals surface area contributed by atoms with Crippen LogP contribution >= 0.6 is 11.5 Å². The van der Waals surface area contributed by atoms with Gasteiger partial charge in [0.15, 0.2) is 5.78 Å². The maximum Gasteiger partial charge on any atom is 0.231 e. The van der Waals surface area contributed by atoms with Crippen LogP contribution in [0.3, 0.4) is 0 Å². The predicted octanol–water partition coefficient (Wildman–Crippen LogP) is 5.25. The van der Waals surface area contributed by atoms with Crippen molar-refractivity contribution in [1.82, 2.24) is 4.37 Å². The molecule has 3 aromatic carbocycles. The van der Waals surface area contributed by atoms with Crippen molar-refractivity contribution in [3.8, 4) is 11.3 Å². The van der Waals surface area contributed by atoms with E-state index in [1.165, 1.54) is 11.5 Å². The van der Waals surface area contributed by atoms with E-state index in [2.05, 4.69) is 9.69 Å². The van der Waals surface area contributed by atoms with Crippen molar-refractivity contribution in [2.24, 2.45) is 0 Å². The fourth-order valence-electron chi connectivity index (χ4n) is 3.73. The molecule has 1 unspecified atom stereocenters. The molecule has 28 heavy (non-hydrogen) atoms. The molecule has 0 radical (unpaired) electrons. The number of hydrogen-bond donors (Lipinski definition) is 1. The van der Waals surface area contributed by atoms with Gasteiger partial charge in [-0.15, -0.1) is 0 Å². The van der Waals surface area contributed by atoms with Gasteiger partial charge in [0.25, 0.3) is 0 Å². The Balaban J connectivity index is 1.58. The van der Waals surface area contributed by atoms with Crippen molar-refractivity contribution in [3.05, 3.63) is 83.4 Å². The zero-order chi connectivity index (χ0) is 19.3. The van der Waals surface area contributed by atoms with Crippen molar-refractivity contribution < 1.29 is 9.59 Å². The standard InChI is InChI=1S/C23H16N2O2S/c1-13(14-7-3-2-4-8-14)23(27)24-17-11-5-9-15-19(17)22(26)16-10-6-12-18-20(16)21(15)25-28-18/h2-13H,1H3,(H,24,27). The SMILES string of the molecule is CC(C(=O)Nc1cccc2c1C(=O)c1cccc3snc-2c13)c1ccccc1. The highest BCUT2D eigenvalue weighted by molar-refractivity contribution is 7.13. The summed E-state index contributed by atoms with van der Waals surface area (Å²) in [5, 5.41) is 3.88. The molecular weight excluding hydrogens is 368 g/mol. The van der Waals surface area contributed by atoms with Crippen LogP contribution in [0.4, 0.5) is 5.69 Å². The first-order valence-corrected chi connectivity index (χ1v) is 9.85. The van der Waals surface area contributed by atoms with Gasteiger partial charge in [0, 0.05) is 16.5 Å². The Morgan fingerprint density at radius 2 is 1.71 bits per heavy atom. The summed E-state index contributed by atoms with van der Waals surface area (Å²) in [5.74, 6) is -0.541. The van der Waals surface area contributed by atoms with E-state index in [4.69, 9.17) is 0 Å². The number of hydrogen-bond acceptors (Lipinski definition) is 4. The lowest BCUT2D eigenvalue weighted by Gasteiger charge is -2.20. The molecule has 0 saturated heterocycles. The molecule has 1 aliphatic rings. The van der Waals surface area contributed by atoms with Gasteiger partial charge in [-0.25, -0.2) is 0 Å². The zero-order valence-electron chi connectivity index (χ0n) is 15.1. The van der Waals surface area contributed by atoms with Crippen LogP contribution in [-0.4, -0.2) is 16.1 Å². The Labute approximate surface area is 166 Å². The van der Waals surface area contributed by atoms with Gasteiger partial charge in [0.2, 0.25) is 5.91 Å². The summed E-state index contributed by atoms with van der Waals surface area (Å²) in [5.41, 5.74) is 4.22. The summed E-state index contributed by atoms with van der Waals surface area (Å²) in [4.78, 5) is 26.1. The molecule has 5 rings (SSSR count). The molecule has 1 atom stereocenters.